The van der Waals surface area contributed by atoms with Crippen LogP contribution in [0.5, 0.6) is 0 Å². The van der Waals surface area contributed by atoms with Gasteiger partial charge >= 0.3 is 5.97 Å². The van der Waals surface area contributed by atoms with Gasteiger partial charge in [-0.25, -0.2) is 0 Å². The molecule has 23 nitrogen and oxygen atoms in total. The third-order valence-corrected chi connectivity index (χ3v) is 19.9. The second-order valence-electron chi connectivity index (χ2n) is 24.9. The molecule has 0 radical (unpaired) electrons. The van der Waals surface area contributed by atoms with Crippen molar-refractivity contribution in [2.75, 3.05) is 26.9 Å². The van der Waals surface area contributed by atoms with E-state index in [1.54, 1.807) is 0 Å². The van der Waals surface area contributed by atoms with E-state index in [2.05, 4.69) is 40.7 Å². The fourth-order valence-electron chi connectivity index (χ4n) is 15.6. The maximum atomic E-state index is 14.3. The Bertz CT molecular complexity index is 2060. The number of carbonyl (C=O) groups excluding carboxylic acids is 1. The van der Waals surface area contributed by atoms with E-state index in [0.29, 0.717) is 44.4 Å². The first-order valence-corrected chi connectivity index (χ1v) is 27.5. The van der Waals surface area contributed by atoms with Crippen LogP contribution >= 0.6 is 0 Å². The highest BCUT2D eigenvalue weighted by Crippen LogP contribution is 2.73. The lowest BCUT2D eigenvalue weighted by Gasteiger charge is -2.63. The van der Waals surface area contributed by atoms with Crippen LogP contribution in [0.1, 0.15) is 106 Å². The third kappa shape index (κ3) is 9.37. The van der Waals surface area contributed by atoms with Crippen LogP contribution in [0.4, 0.5) is 0 Å². The summed E-state index contributed by atoms with van der Waals surface area (Å²) in [5.74, 6) is -0.538. The fourth-order valence-corrected chi connectivity index (χ4v) is 15.6. The van der Waals surface area contributed by atoms with Crippen molar-refractivity contribution < 1.29 is 113 Å². The minimum atomic E-state index is -1.91. The Kier molecular flexibility index (Phi) is 17.0. The van der Waals surface area contributed by atoms with Crippen LogP contribution in [0.2, 0.25) is 0 Å². The largest absolute Gasteiger partial charge is 0.456 e. The molecule has 8 fully saturated rings. The molecule has 5 aliphatic heterocycles. The van der Waals surface area contributed by atoms with Crippen LogP contribution < -0.4 is 0 Å². The molecule has 0 amide bonds. The summed E-state index contributed by atoms with van der Waals surface area (Å²) in [6, 6.07) is 0. The Hall–Kier alpha value is -1.63. The highest BCUT2D eigenvalue weighted by atomic mass is 16.8. The number of allylic oxidation sites excluding steroid dienone is 2. The molecule has 4 aliphatic carbocycles. The van der Waals surface area contributed by atoms with Gasteiger partial charge in [-0.05, 0) is 93.8 Å². The van der Waals surface area contributed by atoms with Gasteiger partial charge in [-0.3, -0.25) is 4.79 Å². The average molecular weight is 1090 g/mol. The number of fused-ring (bicyclic) bond motifs is 4. The third-order valence-electron chi connectivity index (χ3n) is 19.9. The van der Waals surface area contributed by atoms with Crippen molar-refractivity contribution >= 4 is 5.97 Å². The lowest BCUT2D eigenvalue weighted by molar-refractivity contribution is -0.389. The predicted octanol–water partition coefficient (Wildman–Crippen LogP) is -1.61. The van der Waals surface area contributed by atoms with Gasteiger partial charge in [-0.2, -0.15) is 0 Å². The van der Waals surface area contributed by atoms with Gasteiger partial charge in [0, 0.05) is 13.0 Å². The van der Waals surface area contributed by atoms with E-state index in [0.717, 1.165) is 18.4 Å². The van der Waals surface area contributed by atoms with E-state index < -0.39 is 170 Å². The molecule has 0 aromatic rings. The number of ether oxygens (including phenoxy) is 10. The molecule has 9 aliphatic rings. The summed E-state index contributed by atoms with van der Waals surface area (Å²) in [5, 5.41) is 134. The second-order valence-corrected chi connectivity index (χ2v) is 24.9. The number of rotatable bonds is 15. The van der Waals surface area contributed by atoms with E-state index in [4.69, 9.17) is 47.4 Å². The monoisotopic (exact) mass is 1090 g/mol. The summed E-state index contributed by atoms with van der Waals surface area (Å²) in [4.78, 5) is 14.3. The number of hydrogen-bond acceptors (Lipinski definition) is 23. The zero-order valence-electron chi connectivity index (χ0n) is 44.9. The maximum Gasteiger partial charge on any atom is 0.319 e. The molecule has 3 saturated carbocycles. The molecule has 1 spiro atoms. The minimum absolute atomic E-state index is 0.00645. The lowest BCUT2D eigenvalue weighted by atomic mass is 9.42. The highest BCUT2D eigenvalue weighted by Gasteiger charge is 2.82. The van der Waals surface area contributed by atoms with Gasteiger partial charge in [0.25, 0.3) is 0 Å². The first-order chi connectivity index (χ1) is 35.8. The van der Waals surface area contributed by atoms with Crippen molar-refractivity contribution in [3.05, 3.63) is 11.6 Å². The molecule has 0 aromatic heterocycles. The average Bonchev–Trinajstić information content (AvgIpc) is 4.04. The number of methoxy groups -OCH3 is 1. The maximum absolute atomic E-state index is 14.3. The second kappa shape index (κ2) is 21.9. The summed E-state index contributed by atoms with van der Waals surface area (Å²) >= 11 is 0. The number of carbonyl (C=O) groups is 1. The van der Waals surface area contributed by atoms with E-state index in [1.807, 2.05) is 6.92 Å². The van der Waals surface area contributed by atoms with Crippen LogP contribution in [0.15, 0.2) is 11.6 Å². The quantitative estimate of drug-likeness (QED) is 0.0648. The lowest BCUT2D eigenvalue weighted by Crippen LogP contribution is -2.67. The molecule has 9 rings (SSSR count). The Morgan fingerprint density at radius 2 is 1.30 bits per heavy atom. The predicted molar refractivity (Wildman–Crippen MR) is 259 cm³/mol. The van der Waals surface area contributed by atoms with Crippen molar-refractivity contribution in [2.24, 2.45) is 39.9 Å². The van der Waals surface area contributed by atoms with Crippen molar-refractivity contribution in [3.8, 4) is 0 Å². The molecular weight excluding hydrogens is 1000 g/mol. The topological polar surface area (TPSA) is 352 Å². The normalized spacial score (nSPS) is 53.1. The summed E-state index contributed by atoms with van der Waals surface area (Å²) in [7, 11) is 1.20. The molecule has 5 heterocycles. The van der Waals surface area contributed by atoms with E-state index in [1.165, 1.54) is 14.0 Å². The molecule has 23 heteroatoms. The molecule has 5 saturated heterocycles. The molecule has 12 N–H and O–H groups in total. The molecule has 76 heavy (non-hydrogen) atoms. The minimum Gasteiger partial charge on any atom is -0.456 e. The van der Waals surface area contributed by atoms with E-state index >= 15 is 0 Å². The number of aliphatic hydroxyl groups is 12. The van der Waals surface area contributed by atoms with Crippen LogP contribution in [-0.2, 0) is 52.2 Å². The van der Waals surface area contributed by atoms with Crippen molar-refractivity contribution in [3.63, 3.8) is 0 Å². The Labute approximate surface area is 443 Å². The Balaban J connectivity index is 0.870. The van der Waals surface area contributed by atoms with Crippen molar-refractivity contribution in [1.29, 1.82) is 0 Å². The van der Waals surface area contributed by atoms with Gasteiger partial charge in [0.1, 0.15) is 102 Å². The summed E-state index contributed by atoms with van der Waals surface area (Å²) < 4.78 is 59.5. The highest BCUT2D eigenvalue weighted by molar-refractivity contribution is 5.85. The number of cyclic esters (lactones) is 1. The SMILES string of the molecule is CO[C@@H]1[C@@H](O)[C@H](O[C@@H]2[C@@H](O)[C@H](O[C@H]3[C@H](O)[C@@H](O)[C@H](O[C@H]4[C@H](O[C@H]5CC[C@@]6(C)C(CC=C7[C@@H]8CC[C@@]9(O)[C@@]8(C(=O)O[C@]9(C)CCCC(C)C)[C@@H](O)C[C@@H]76)C5(C)C)OC[C@@H](O)[C@@H]4O)O[C@@H]3C)O[C@H](CO)[C@H]2O)O[C@H](CO)[C@H]1O. The molecule has 436 valence electrons. The zero-order chi connectivity index (χ0) is 55.4. The first kappa shape index (κ1) is 59.0. The molecule has 0 bridgehead atoms. The smallest absolute Gasteiger partial charge is 0.319 e. The summed E-state index contributed by atoms with van der Waals surface area (Å²) in [5.41, 5.74) is -3.92. The molecule has 28 atom stereocenters. The summed E-state index contributed by atoms with van der Waals surface area (Å²) in [6.07, 6.45) is -24.1. The standard InChI is InChI=1S/C53H86O23/c1-22(2)10-9-15-51(7)52(66)17-13-25-24-11-12-30-49(4,5)32(14-16-50(30,6)26(24)18-31(57)53(25,52)48(65)76-51)72-47-43(33(58)27(56)21-68-47)75-44-37(62)36(61)40(23(3)69-44)73-46-39(64)42(35(60)29(20-55)71-46)74-45-38(63)41(67-8)34(59)28(19-54)70-45/h11,22-23,25-47,54-64,66H,9-10,12-21H2,1-8H3/t23-,25+,26+,27-,28-,29-,30?,31+,32+,33+,34-,35-,36-,37-,38-,39-,40-,41+,42+,43-,44+,45+,46+,47+,50-,51-,52+,53-/m1/s1. The molecule has 1 unspecified atom stereocenters. The zero-order valence-corrected chi connectivity index (χ0v) is 44.9. The van der Waals surface area contributed by atoms with Gasteiger partial charge in [0.05, 0.1) is 38.1 Å². The molecule has 0 aromatic carbocycles. The van der Waals surface area contributed by atoms with Gasteiger partial charge in [-0.15, -0.1) is 0 Å². The summed E-state index contributed by atoms with van der Waals surface area (Å²) in [6.45, 7) is 12.2. The van der Waals surface area contributed by atoms with Crippen LogP contribution in [0.25, 0.3) is 0 Å². The van der Waals surface area contributed by atoms with Gasteiger partial charge in [-0.1, -0.05) is 52.7 Å². The first-order valence-electron chi connectivity index (χ1n) is 27.5. The van der Waals surface area contributed by atoms with Gasteiger partial charge in [0.2, 0.25) is 0 Å². The number of esters is 1. The Morgan fingerprint density at radius 3 is 1.93 bits per heavy atom. The van der Waals surface area contributed by atoms with E-state index in [9.17, 15) is 66.1 Å². The van der Waals surface area contributed by atoms with Gasteiger partial charge in [0.15, 0.2) is 25.2 Å². The van der Waals surface area contributed by atoms with E-state index in [-0.39, 0.29) is 36.2 Å². The molecular formula is C53H86O23. The van der Waals surface area contributed by atoms with Crippen LogP contribution in [0.3, 0.4) is 0 Å². The van der Waals surface area contributed by atoms with Gasteiger partial charge < -0.3 is 109 Å². The van der Waals surface area contributed by atoms with Crippen molar-refractivity contribution in [2.45, 2.75) is 246 Å². The van der Waals surface area contributed by atoms with Crippen molar-refractivity contribution in [1.82, 2.24) is 0 Å². The Morgan fingerprint density at radius 1 is 0.697 bits per heavy atom. The number of hydrogen-bond donors (Lipinski definition) is 12. The van der Waals surface area contributed by atoms with Crippen LogP contribution in [-0.4, -0.2) is 234 Å². The number of aliphatic hydroxyl groups excluding tert-OH is 11. The fraction of sp³-hybridized carbons (Fsp3) is 0.943. The van der Waals surface area contributed by atoms with Crippen LogP contribution in [0, 0.1) is 39.9 Å².